The summed E-state index contributed by atoms with van der Waals surface area (Å²) in [6.07, 6.45) is 0.479. The highest BCUT2D eigenvalue weighted by Gasteiger charge is 2.16. The first-order valence-electron chi connectivity index (χ1n) is 6.50. The first-order chi connectivity index (χ1) is 8.79. The largest absolute Gasteiger partial charge is 0.494 e. The van der Waals surface area contributed by atoms with Crippen LogP contribution in [0.15, 0.2) is 24.3 Å². The van der Waals surface area contributed by atoms with E-state index in [0.717, 1.165) is 37.5 Å². The Kier molecular flexibility index (Phi) is 6.67. The van der Waals surface area contributed by atoms with Crippen molar-refractivity contribution >= 4 is 18.3 Å². The number of nitrogens with zero attached hydrogens (tertiary/aromatic N) is 1. The fraction of sp³-hybridized carbons (Fsp3) is 0.500. The highest BCUT2D eigenvalue weighted by Crippen LogP contribution is 2.13. The Bertz CT molecular complexity index is 389. The van der Waals surface area contributed by atoms with E-state index < -0.39 is 0 Å². The van der Waals surface area contributed by atoms with Crippen LogP contribution >= 0.6 is 12.4 Å². The van der Waals surface area contributed by atoms with Crippen LogP contribution in [0.2, 0.25) is 0 Å². The molecule has 0 atom stereocenters. The number of nitrogens with one attached hydrogen (secondary N) is 1. The van der Waals surface area contributed by atoms with Gasteiger partial charge in [0.2, 0.25) is 5.91 Å². The zero-order valence-electron chi connectivity index (χ0n) is 11.2. The Hall–Kier alpha value is -1.26. The highest BCUT2D eigenvalue weighted by molar-refractivity contribution is 5.85. The molecule has 1 aromatic carbocycles. The van der Waals surface area contributed by atoms with Gasteiger partial charge in [-0.15, -0.1) is 12.4 Å². The minimum atomic E-state index is 0. The van der Waals surface area contributed by atoms with Crippen molar-refractivity contribution in [2.75, 3.05) is 32.8 Å². The molecule has 1 aliphatic rings. The van der Waals surface area contributed by atoms with Crippen molar-refractivity contribution in [2.24, 2.45) is 0 Å². The molecule has 0 unspecified atom stereocenters. The van der Waals surface area contributed by atoms with E-state index in [1.54, 1.807) is 0 Å². The molecular weight excluding hydrogens is 264 g/mol. The van der Waals surface area contributed by atoms with Crippen LogP contribution in [0.25, 0.3) is 0 Å². The van der Waals surface area contributed by atoms with Crippen LogP contribution in [-0.4, -0.2) is 43.6 Å². The summed E-state index contributed by atoms with van der Waals surface area (Å²) in [7, 11) is 0. The molecule has 0 saturated carbocycles. The zero-order valence-corrected chi connectivity index (χ0v) is 12.0. The second-order valence-corrected chi connectivity index (χ2v) is 4.38. The summed E-state index contributed by atoms with van der Waals surface area (Å²) in [5, 5.41) is 3.24. The molecule has 1 aliphatic heterocycles. The highest BCUT2D eigenvalue weighted by atomic mass is 35.5. The molecule has 19 heavy (non-hydrogen) atoms. The lowest BCUT2D eigenvalue weighted by atomic mass is 10.1. The monoisotopic (exact) mass is 284 g/mol. The molecule has 1 aromatic rings. The third-order valence-corrected chi connectivity index (χ3v) is 3.06. The van der Waals surface area contributed by atoms with Crippen LogP contribution in [0.1, 0.15) is 12.5 Å². The van der Waals surface area contributed by atoms with Gasteiger partial charge in [-0.25, -0.2) is 0 Å². The molecule has 4 nitrogen and oxygen atoms in total. The van der Waals surface area contributed by atoms with Crippen LogP contribution in [-0.2, 0) is 11.2 Å². The van der Waals surface area contributed by atoms with E-state index >= 15 is 0 Å². The quantitative estimate of drug-likeness (QED) is 0.911. The maximum atomic E-state index is 12.0. The average Bonchev–Trinajstić information content (AvgIpc) is 2.42. The number of hydrogen-bond donors (Lipinski definition) is 1. The molecule has 2 rings (SSSR count). The van der Waals surface area contributed by atoms with Gasteiger partial charge in [0, 0.05) is 26.2 Å². The van der Waals surface area contributed by atoms with Crippen molar-refractivity contribution in [1.29, 1.82) is 0 Å². The summed E-state index contributed by atoms with van der Waals surface area (Å²) in [5.41, 5.74) is 1.04. The maximum absolute atomic E-state index is 12.0. The van der Waals surface area contributed by atoms with Gasteiger partial charge in [0.05, 0.1) is 13.0 Å². The van der Waals surface area contributed by atoms with Gasteiger partial charge in [-0.05, 0) is 24.6 Å². The van der Waals surface area contributed by atoms with Crippen LogP contribution in [0.3, 0.4) is 0 Å². The number of benzene rings is 1. The predicted octanol–water partition coefficient (Wildman–Crippen LogP) is 1.48. The Labute approximate surface area is 120 Å². The lowest BCUT2D eigenvalue weighted by Crippen LogP contribution is -2.46. The number of ether oxygens (including phenoxy) is 1. The van der Waals surface area contributed by atoms with Gasteiger partial charge >= 0.3 is 0 Å². The summed E-state index contributed by atoms with van der Waals surface area (Å²) >= 11 is 0. The summed E-state index contributed by atoms with van der Waals surface area (Å²) in [4.78, 5) is 14.0. The number of carbonyl (C=O) groups is 1. The summed E-state index contributed by atoms with van der Waals surface area (Å²) < 4.78 is 5.38. The van der Waals surface area contributed by atoms with Gasteiger partial charge in [-0.2, -0.15) is 0 Å². The Morgan fingerprint density at radius 1 is 1.26 bits per heavy atom. The van der Waals surface area contributed by atoms with E-state index in [-0.39, 0.29) is 18.3 Å². The van der Waals surface area contributed by atoms with E-state index in [1.165, 1.54) is 0 Å². The van der Waals surface area contributed by atoms with Gasteiger partial charge < -0.3 is 15.0 Å². The van der Waals surface area contributed by atoms with Crippen LogP contribution in [0, 0.1) is 0 Å². The van der Waals surface area contributed by atoms with Gasteiger partial charge in [0.15, 0.2) is 0 Å². The minimum Gasteiger partial charge on any atom is -0.494 e. The van der Waals surface area contributed by atoms with Crippen molar-refractivity contribution in [3.63, 3.8) is 0 Å². The molecule has 0 bridgehead atoms. The third kappa shape index (κ3) is 4.73. The van der Waals surface area contributed by atoms with Crippen molar-refractivity contribution in [1.82, 2.24) is 10.2 Å². The predicted molar refractivity (Wildman–Crippen MR) is 78.0 cm³/mol. The lowest BCUT2D eigenvalue weighted by Gasteiger charge is -2.27. The Balaban J connectivity index is 0.00000180. The second-order valence-electron chi connectivity index (χ2n) is 4.38. The molecule has 1 N–H and O–H groups in total. The minimum absolute atomic E-state index is 0. The Morgan fingerprint density at radius 2 is 1.89 bits per heavy atom. The number of halogens is 1. The van der Waals surface area contributed by atoms with Crippen LogP contribution in [0.4, 0.5) is 0 Å². The number of piperazine rings is 1. The zero-order chi connectivity index (χ0) is 12.8. The SMILES string of the molecule is CCOc1ccc(CC(=O)N2CCNCC2)cc1.Cl. The van der Waals surface area contributed by atoms with E-state index in [9.17, 15) is 4.79 Å². The summed E-state index contributed by atoms with van der Waals surface area (Å²) in [6, 6.07) is 7.77. The molecule has 1 amide bonds. The molecule has 0 radical (unpaired) electrons. The fourth-order valence-corrected chi connectivity index (χ4v) is 2.07. The molecular formula is C14H21ClN2O2. The van der Waals surface area contributed by atoms with Crippen molar-refractivity contribution < 1.29 is 9.53 Å². The summed E-state index contributed by atoms with van der Waals surface area (Å²) in [5.74, 6) is 1.07. The summed E-state index contributed by atoms with van der Waals surface area (Å²) in [6.45, 7) is 6.05. The van der Waals surface area contributed by atoms with Crippen LogP contribution in [0.5, 0.6) is 5.75 Å². The second kappa shape index (κ2) is 8.02. The van der Waals surface area contributed by atoms with E-state index in [1.807, 2.05) is 36.1 Å². The van der Waals surface area contributed by atoms with E-state index in [4.69, 9.17) is 4.74 Å². The normalized spacial score (nSPS) is 14.7. The van der Waals surface area contributed by atoms with Crippen LogP contribution < -0.4 is 10.1 Å². The van der Waals surface area contributed by atoms with Gasteiger partial charge in [0.1, 0.15) is 5.75 Å². The van der Waals surface area contributed by atoms with Gasteiger partial charge in [-0.1, -0.05) is 12.1 Å². The molecule has 5 heteroatoms. The van der Waals surface area contributed by atoms with E-state index in [0.29, 0.717) is 13.0 Å². The topological polar surface area (TPSA) is 41.6 Å². The number of hydrogen-bond acceptors (Lipinski definition) is 3. The number of rotatable bonds is 4. The van der Waals surface area contributed by atoms with E-state index in [2.05, 4.69) is 5.32 Å². The van der Waals surface area contributed by atoms with Crippen molar-refractivity contribution in [3.05, 3.63) is 29.8 Å². The molecule has 0 aliphatic carbocycles. The molecule has 1 heterocycles. The molecule has 106 valence electrons. The fourth-order valence-electron chi connectivity index (χ4n) is 2.07. The van der Waals surface area contributed by atoms with Gasteiger partial charge in [-0.3, -0.25) is 4.79 Å². The van der Waals surface area contributed by atoms with Crippen molar-refractivity contribution in [2.45, 2.75) is 13.3 Å². The Morgan fingerprint density at radius 3 is 2.47 bits per heavy atom. The molecule has 0 aromatic heterocycles. The van der Waals surface area contributed by atoms with Gasteiger partial charge in [0.25, 0.3) is 0 Å². The lowest BCUT2D eigenvalue weighted by molar-refractivity contribution is -0.131. The van der Waals surface area contributed by atoms with Crippen molar-refractivity contribution in [3.8, 4) is 5.75 Å². The number of carbonyl (C=O) groups excluding carboxylic acids is 1. The number of amides is 1. The smallest absolute Gasteiger partial charge is 0.227 e. The molecule has 1 saturated heterocycles. The first kappa shape index (κ1) is 15.8. The molecule has 1 fully saturated rings. The third-order valence-electron chi connectivity index (χ3n) is 3.06. The average molecular weight is 285 g/mol. The maximum Gasteiger partial charge on any atom is 0.227 e. The standard InChI is InChI=1S/C14H20N2O2.ClH/c1-2-18-13-5-3-12(4-6-13)11-14(17)16-9-7-15-8-10-16;/h3-6,15H,2,7-11H2,1H3;1H. The first-order valence-corrected chi connectivity index (χ1v) is 6.50. The molecule has 0 spiro atoms.